The molecule has 1 saturated heterocycles. The maximum absolute atomic E-state index is 12.6. The molecule has 1 fully saturated rings. The summed E-state index contributed by atoms with van der Waals surface area (Å²) < 4.78 is 28.7. The first-order valence-corrected chi connectivity index (χ1v) is 12.2. The standard InChI is InChI=1S/C22H23BrN4O2S/c1-16-11-13-27(14-12-16)22-10-9-21(24-25-22)17-3-2-4-19(15-17)26-30(28,29)20-7-5-18(23)6-8-20/h2-10,15-16,26H,11-14H2,1H3. The van der Waals surface area contributed by atoms with E-state index in [1.54, 1.807) is 42.5 Å². The van der Waals surface area contributed by atoms with Crippen LogP contribution in [0.1, 0.15) is 19.8 Å². The predicted octanol–water partition coefficient (Wildman–Crippen LogP) is 4.94. The van der Waals surface area contributed by atoms with Crippen LogP contribution in [-0.2, 0) is 10.0 Å². The monoisotopic (exact) mass is 486 g/mol. The van der Waals surface area contributed by atoms with E-state index in [0.29, 0.717) is 11.4 Å². The second-order valence-electron chi connectivity index (χ2n) is 7.59. The van der Waals surface area contributed by atoms with E-state index in [-0.39, 0.29) is 4.90 Å². The van der Waals surface area contributed by atoms with Crippen LogP contribution in [-0.4, -0.2) is 31.7 Å². The second kappa shape index (κ2) is 8.73. The molecule has 1 aliphatic rings. The summed E-state index contributed by atoms with van der Waals surface area (Å²) in [5.74, 6) is 1.65. The molecule has 0 unspecified atom stereocenters. The van der Waals surface area contributed by atoms with Crippen molar-refractivity contribution in [2.75, 3.05) is 22.7 Å². The average molecular weight is 487 g/mol. The Kier molecular flexibility index (Phi) is 6.06. The summed E-state index contributed by atoms with van der Waals surface area (Å²) in [5.41, 5.74) is 1.98. The third-order valence-electron chi connectivity index (χ3n) is 5.29. The molecule has 0 atom stereocenters. The van der Waals surface area contributed by atoms with Crippen LogP contribution in [0.15, 0.2) is 70.0 Å². The molecule has 0 saturated carbocycles. The van der Waals surface area contributed by atoms with E-state index in [0.717, 1.165) is 34.9 Å². The zero-order valence-electron chi connectivity index (χ0n) is 16.6. The number of sulfonamides is 1. The first-order valence-electron chi connectivity index (χ1n) is 9.88. The number of hydrogen-bond acceptors (Lipinski definition) is 5. The van der Waals surface area contributed by atoms with Crippen molar-refractivity contribution in [1.82, 2.24) is 10.2 Å². The number of benzene rings is 2. The van der Waals surface area contributed by atoms with Gasteiger partial charge in [0.2, 0.25) is 0 Å². The fraction of sp³-hybridized carbons (Fsp3) is 0.273. The molecule has 4 rings (SSSR count). The van der Waals surface area contributed by atoms with Crippen LogP contribution < -0.4 is 9.62 Å². The largest absolute Gasteiger partial charge is 0.355 e. The lowest BCUT2D eigenvalue weighted by Gasteiger charge is -2.30. The van der Waals surface area contributed by atoms with Crippen molar-refractivity contribution < 1.29 is 8.42 Å². The third-order valence-corrected chi connectivity index (χ3v) is 7.22. The molecular formula is C22H23BrN4O2S. The summed E-state index contributed by atoms with van der Waals surface area (Å²) in [4.78, 5) is 2.47. The number of aromatic nitrogens is 2. The highest BCUT2D eigenvalue weighted by molar-refractivity contribution is 9.10. The molecule has 0 radical (unpaired) electrons. The summed E-state index contributed by atoms with van der Waals surface area (Å²) in [5, 5.41) is 8.77. The lowest BCUT2D eigenvalue weighted by Crippen LogP contribution is -2.33. The number of halogens is 1. The van der Waals surface area contributed by atoms with Crippen molar-refractivity contribution in [3.05, 3.63) is 65.1 Å². The van der Waals surface area contributed by atoms with Gasteiger partial charge in [-0.2, -0.15) is 0 Å². The number of rotatable bonds is 5. The summed E-state index contributed by atoms with van der Waals surface area (Å²) in [6.45, 7) is 4.29. The molecular weight excluding hydrogens is 464 g/mol. The van der Waals surface area contributed by atoms with Gasteiger partial charge in [0.05, 0.1) is 10.6 Å². The molecule has 2 heterocycles. The normalized spacial score (nSPS) is 15.2. The topological polar surface area (TPSA) is 75.2 Å². The van der Waals surface area contributed by atoms with E-state index in [4.69, 9.17) is 0 Å². The van der Waals surface area contributed by atoms with Gasteiger partial charge in [-0.15, -0.1) is 10.2 Å². The van der Waals surface area contributed by atoms with Gasteiger partial charge in [-0.1, -0.05) is 35.0 Å². The minimum absolute atomic E-state index is 0.205. The first kappa shape index (κ1) is 20.8. The van der Waals surface area contributed by atoms with Crippen molar-refractivity contribution in [2.45, 2.75) is 24.7 Å². The Bertz CT molecular complexity index is 1110. The van der Waals surface area contributed by atoms with Crippen LogP contribution >= 0.6 is 15.9 Å². The van der Waals surface area contributed by atoms with Gasteiger partial charge in [0.15, 0.2) is 5.82 Å². The minimum atomic E-state index is -3.67. The Morgan fingerprint density at radius 2 is 1.73 bits per heavy atom. The average Bonchev–Trinajstić information content (AvgIpc) is 2.75. The van der Waals surface area contributed by atoms with Gasteiger partial charge in [0, 0.05) is 28.8 Å². The molecule has 2 aromatic carbocycles. The van der Waals surface area contributed by atoms with Crippen molar-refractivity contribution in [1.29, 1.82) is 0 Å². The molecule has 0 aliphatic carbocycles. The highest BCUT2D eigenvalue weighted by atomic mass is 79.9. The van der Waals surface area contributed by atoms with Gasteiger partial charge >= 0.3 is 0 Å². The smallest absolute Gasteiger partial charge is 0.261 e. The molecule has 3 aromatic rings. The molecule has 0 spiro atoms. The first-order chi connectivity index (χ1) is 14.4. The highest BCUT2D eigenvalue weighted by Crippen LogP contribution is 2.25. The van der Waals surface area contributed by atoms with Crippen molar-refractivity contribution >= 4 is 37.5 Å². The third kappa shape index (κ3) is 4.82. The SMILES string of the molecule is CC1CCN(c2ccc(-c3cccc(NS(=O)(=O)c4ccc(Br)cc4)c3)nn2)CC1. The van der Waals surface area contributed by atoms with Crippen LogP contribution in [0.2, 0.25) is 0 Å². The lowest BCUT2D eigenvalue weighted by atomic mass is 9.99. The molecule has 6 nitrogen and oxygen atoms in total. The van der Waals surface area contributed by atoms with Crippen molar-refractivity contribution in [3.63, 3.8) is 0 Å². The van der Waals surface area contributed by atoms with E-state index in [1.165, 1.54) is 12.8 Å². The van der Waals surface area contributed by atoms with Gasteiger partial charge in [-0.05, 0) is 67.3 Å². The van der Waals surface area contributed by atoms with Crippen LogP contribution in [0, 0.1) is 5.92 Å². The van der Waals surface area contributed by atoms with E-state index >= 15 is 0 Å². The Hall–Kier alpha value is -2.45. The highest BCUT2D eigenvalue weighted by Gasteiger charge is 2.18. The zero-order chi connectivity index (χ0) is 21.1. The van der Waals surface area contributed by atoms with Gasteiger partial charge in [-0.3, -0.25) is 4.72 Å². The molecule has 1 N–H and O–H groups in total. The van der Waals surface area contributed by atoms with E-state index < -0.39 is 10.0 Å². The quantitative estimate of drug-likeness (QED) is 0.552. The van der Waals surface area contributed by atoms with Crippen LogP contribution in [0.3, 0.4) is 0 Å². The van der Waals surface area contributed by atoms with Crippen LogP contribution in [0.5, 0.6) is 0 Å². The zero-order valence-corrected chi connectivity index (χ0v) is 19.0. The Morgan fingerprint density at radius 3 is 2.40 bits per heavy atom. The molecule has 0 amide bonds. The van der Waals surface area contributed by atoms with E-state index in [1.807, 2.05) is 18.2 Å². The maximum Gasteiger partial charge on any atom is 0.261 e. The van der Waals surface area contributed by atoms with Gasteiger partial charge in [-0.25, -0.2) is 8.42 Å². The Balaban J connectivity index is 1.51. The molecule has 8 heteroatoms. The molecule has 0 bridgehead atoms. The summed E-state index contributed by atoms with van der Waals surface area (Å²) >= 11 is 3.32. The van der Waals surface area contributed by atoms with Gasteiger partial charge < -0.3 is 4.90 Å². The van der Waals surface area contributed by atoms with E-state index in [2.05, 4.69) is 42.7 Å². The summed E-state index contributed by atoms with van der Waals surface area (Å²) in [7, 11) is -3.67. The Morgan fingerprint density at radius 1 is 1.00 bits per heavy atom. The number of nitrogens with one attached hydrogen (secondary N) is 1. The van der Waals surface area contributed by atoms with Crippen molar-refractivity contribution in [2.24, 2.45) is 5.92 Å². The van der Waals surface area contributed by atoms with Crippen LogP contribution in [0.4, 0.5) is 11.5 Å². The fourth-order valence-electron chi connectivity index (χ4n) is 3.46. The molecule has 30 heavy (non-hydrogen) atoms. The Labute approximate surface area is 185 Å². The van der Waals surface area contributed by atoms with Gasteiger partial charge in [0.25, 0.3) is 10.0 Å². The summed E-state index contributed by atoms with van der Waals surface area (Å²) in [6, 6.07) is 17.6. The van der Waals surface area contributed by atoms with Crippen molar-refractivity contribution in [3.8, 4) is 11.3 Å². The molecule has 156 valence electrons. The lowest BCUT2D eigenvalue weighted by molar-refractivity contribution is 0.436. The molecule has 1 aliphatic heterocycles. The van der Waals surface area contributed by atoms with E-state index in [9.17, 15) is 8.42 Å². The van der Waals surface area contributed by atoms with Gasteiger partial charge in [0.1, 0.15) is 0 Å². The van der Waals surface area contributed by atoms with Crippen LogP contribution in [0.25, 0.3) is 11.3 Å². The fourth-order valence-corrected chi connectivity index (χ4v) is 4.77. The number of nitrogens with zero attached hydrogens (tertiary/aromatic N) is 3. The predicted molar refractivity (Wildman–Crippen MR) is 123 cm³/mol. The number of anilines is 2. The summed E-state index contributed by atoms with van der Waals surface area (Å²) in [6.07, 6.45) is 2.34. The second-order valence-corrected chi connectivity index (χ2v) is 10.2. The minimum Gasteiger partial charge on any atom is -0.355 e. The molecule has 1 aromatic heterocycles. The maximum atomic E-state index is 12.6. The number of hydrogen-bond donors (Lipinski definition) is 1. The number of piperidine rings is 1.